The van der Waals surface area contributed by atoms with Crippen molar-refractivity contribution in [2.75, 3.05) is 5.32 Å². The lowest BCUT2D eigenvalue weighted by Gasteiger charge is -2.08. The minimum atomic E-state index is -0.644. The molecule has 0 aliphatic rings. The second kappa shape index (κ2) is 6.82. The lowest BCUT2D eigenvalue weighted by Crippen LogP contribution is -2.14. The van der Waals surface area contributed by atoms with Gasteiger partial charge in [-0.25, -0.2) is 8.78 Å². The first-order valence-corrected chi connectivity index (χ1v) is 7.81. The topological polar surface area (TPSA) is 55.1 Å². The maximum absolute atomic E-state index is 14.2. The number of halogens is 4. The van der Waals surface area contributed by atoms with Crippen molar-refractivity contribution in [2.24, 2.45) is 0 Å². The number of hydrogen-bond acceptors (Lipinski definition) is 3. The van der Waals surface area contributed by atoms with Gasteiger partial charge in [0.15, 0.2) is 0 Å². The first kappa shape index (κ1) is 17.4. The van der Waals surface area contributed by atoms with Gasteiger partial charge in [0.25, 0.3) is 5.91 Å². The first-order valence-electron chi connectivity index (χ1n) is 7.05. The predicted octanol–water partition coefficient (Wildman–Crippen LogP) is 5.49. The van der Waals surface area contributed by atoms with Gasteiger partial charge < -0.3 is 9.84 Å². The summed E-state index contributed by atoms with van der Waals surface area (Å²) >= 11 is 11.9. The third-order valence-corrected chi connectivity index (χ3v) is 4.10. The highest BCUT2D eigenvalue weighted by molar-refractivity contribution is 6.34. The Labute approximate surface area is 151 Å². The number of rotatable bonds is 3. The number of aromatic nitrogens is 1. The number of hydrogen-bond donors (Lipinski definition) is 1. The van der Waals surface area contributed by atoms with Crippen molar-refractivity contribution < 1.29 is 18.1 Å². The van der Waals surface area contributed by atoms with Crippen LogP contribution in [0.5, 0.6) is 0 Å². The fourth-order valence-electron chi connectivity index (χ4n) is 2.31. The van der Waals surface area contributed by atoms with Crippen LogP contribution in [0.25, 0.3) is 11.3 Å². The Bertz CT molecular complexity index is 953. The summed E-state index contributed by atoms with van der Waals surface area (Å²) in [5.41, 5.74) is 0.124. The summed E-state index contributed by atoms with van der Waals surface area (Å²) in [6, 6.07) is 7.63. The molecular weight excluding hydrogens is 373 g/mol. The first-order chi connectivity index (χ1) is 11.9. The van der Waals surface area contributed by atoms with Gasteiger partial charge in [0.1, 0.15) is 28.7 Å². The minimum absolute atomic E-state index is 0.00684. The third-order valence-electron chi connectivity index (χ3n) is 3.47. The van der Waals surface area contributed by atoms with E-state index in [1.165, 1.54) is 31.2 Å². The molecule has 1 aromatic heterocycles. The number of amides is 1. The van der Waals surface area contributed by atoms with Crippen LogP contribution in [-0.2, 0) is 0 Å². The van der Waals surface area contributed by atoms with E-state index in [2.05, 4.69) is 10.5 Å². The predicted molar refractivity (Wildman–Crippen MR) is 91.0 cm³/mol. The van der Waals surface area contributed by atoms with Crippen LogP contribution in [0.4, 0.5) is 14.5 Å². The summed E-state index contributed by atoms with van der Waals surface area (Å²) in [6.07, 6.45) is 0. The number of benzene rings is 2. The molecule has 0 spiro atoms. The summed E-state index contributed by atoms with van der Waals surface area (Å²) in [5, 5.41) is 6.39. The highest BCUT2D eigenvalue weighted by Gasteiger charge is 2.25. The summed E-state index contributed by atoms with van der Waals surface area (Å²) in [5.74, 6) is -1.65. The van der Waals surface area contributed by atoms with Gasteiger partial charge in [0.2, 0.25) is 0 Å². The number of carbonyl (C=O) groups excluding carboxylic acids is 1. The SMILES string of the molecule is Cc1onc(-c2c(F)cccc2Cl)c1C(=O)Nc1ccc(F)cc1Cl. The molecule has 1 heterocycles. The van der Waals surface area contributed by atoms with Crippen LogP contribution in [0.1, 0.15) is 16.1 Å². The molecule has 0 aliphatic heterocycles. The van der Waals surface area contributed by atoms with Gasteiger partial charge in [0.05, 0.1) is 21.3 Å². The fourth-order valence-corrected chi connectivity index (χ4v) is 2.78. The molecule has 0 aliphatic carbocycles. The third kappa shape index (κ3) is 3.36. The molecule has 0 fully saturated rings. The standard InChI is InChI=1S/C17H10Cl2F2N2O2/c1-8-14(17(24)22-13-6-5-9(20)7-11(13)19)16(23-25-8)15-10(18)3-2-4-12(15)21/h2-7H,1H3,(H,22,24). The van der Waals surface area contributed by atoms with E-state index in [0.717, 1.165) is 12.1 Å². The number of aryl methyl sites for hydroxylation is 1. The van der Waals surface area contributed by atoms with Crippen LogP contribution in [0.3, 0.4) is 0 Å². The lowest BCUT2D eigenvalue weighted by molar-refractivity contribution is 0.102. The maximum atomic E-state index is 14.2. The molecule has 4 nitrogen and oxygen atoms in total. The van der Waals surface area contributed by atoms with Crippen LogP contribution in [-0.4, -0.2) is 11.1 Å². The van der Waals surface area contributed by atoms with Gasteiger partial charge in [-0.3, -0.25) is 4.79 Å². The molecule has 0 saturated heterocycles. The van der Waals surface area contributed by atoms with Crippen molar-refractivity contribution in [1.82, 2.24) is 5.16 Å². The van der Waals surface area contributed by atoms with Crippen molar-refractivity contribution in [3.05, 3.63) is 69.4 Å². The summed E-state index contributed by atoms with van der Waals surface area (Å²) < 4.78 is 32.3. The summed E-state index contributed by atoms with van der Waals surface area (Å²) in [7, 11) is 0. The van der Waals surface area contributed by atoms with E-state index in [1.807, 2.05) is 0 Å². The second-order valence-electron chi connectivity index (χ2n) is 5.14. The highest BCUT2D eigenvalue weighted by atomic mass is 35.5. The molecule has 1 amide bonds. The lowest BCUT2D eigenvalue weighted by atomic mass is 10.0. The van der Waals surface area contributed by atoms with Gasteiger partial charge in [-0.2, -0.15) is 0 Å². The Morgan fingerprint density at radius 3 is 2.60 bits per heavy atom. The van der Waals surface area contributed by atoms with Crippen molar-refractivity contribution >= 4 is 34.8 Å². The van der Waals surface area contributed by atoms with E-state index >= 15 is 0 Å². The number of nitrogens with zero attached hydrogens (tertiary/aromatic N) is 1. The second-order valence-corrected chi connectivity index (χ2v) is 5.95. The molecule has 2 aromatic carbocycles. The average Bonchev–Trinajstić information content (AvgIpc) is 2.91. The molecular formula is C17H10Cl2F2N2O2. The van der Waals surface area contributed by atoms with E-state index in [9.17, 15) is 13.6 Å². The van der Waals surface area contributed by atoms with Crippen LogP contribution in [0.2, 0.25) is 10.0 Å². The van der Waals surface area contributed by atoms with Crippen molar-refractivity contribution in [3.63, 3.8) is 0 Å². The van der Waals surface area contributed by atoms with E-state index in [1.54, 1.807) is 0 Å². The molecule has 0 radical (unpaired) electrons. The Morgan fingerprint density at radius 2 is 1.92 bits per heavy atom. The van der Waals surface area contributed by atoms with Crippen LogP contribution < -0.4 is 5.32 Å². The zero-order valence-corrected chi connectivity index (χ0v) is 14.3. The maximum Gasteiger partial charge on any atom is 0.261 e. The van der Waals surface area contributed by atoms with Crippen molar-refractivity contribution in [2.45, 2.75) is 6.92 Å². The summed E-state index contributed by atoms with van der Waals surface area (Å²) in [6.45, 7) is 1.51. The van der Waals surface area contributed by atoms with E-state index in [-0.39, 0.29) is 38.3 Å². The van der Waals surface area contributed by atoms with Gasteiger partial charge >= 0.3 is 0 Å². The van der Waals surface area contributed by atoms with Crippen molar-refractivity contribution in [3.8, 4) is 11.3 Å². The van der Waals surface area contributed by atoms with Gasteiger partial charge in [-0.05, 0) is 37.3 Å². The smallest absolute Gasteiger partial charge is 0.261 e. The zero-order valence-electron chi connectivity index (χ0n) is 12.7. The molecule has 0 atom stereocenters. The van der Waals surface area contributed by atoms with E-state index < -0.39 is 17.5 Å². The Morgan fingerprint density at radius 1 is 1.16 bits per heavy atom. The van der Waals surface area contributed by atoms with Crippen LogP contribution in [0.15, 0.2) is 40.9 Å². The zero-order chi connectivity index (χ0) is 18.1. The molecule has 128 valence electrons. The normalized spacial score (nSPS) is 10.8. The Hall–Kier alpha value is -2.44. The quantitative estimate of drug-likeness (QED) is 0.651. The van der Waals surface area contributed by atoms with Crippen LogP contribution >= 0.6 is 23.2 Å². The number of nitrogens with one attached hydrogen (secondary N) is 1. The highest BCUT2D eigenvalue weighted by Crippen LogP contribution is 2.34. The fraction of sp³-hybridized carbons (Fsp3) is 0.0588. The number of carbonyl (C=O) groups is 1. The summed E-state index contributed by atoms with van der Waals surface area (Å²) in [4.78, 5) is 12.6. The molecule has 0 bridgehead atoms. The molecule has 0 unspecified atom stereocenters. The van der Waals surface area contributed by atoms with Gasteiger partial charge in [-0.1, -0.05) is 34.4 Å². The van der Waals surface area contributed by atoms with Gasteiger partial charge in [-0.15, -0.1) is 0 Å². The Kier molecular flexibility index (Phi) is 4.74. The Balaban J connectivity index is 2.03. The number of anilines is 1. The van der Waals surface area contributed by atoms with E-state index in [0.29, 0.717) is 0 Å². The molecule has 3 rings (SSSR count). The van der Waals surface area contributed by atoms with Crippen LogP contribution in [0, 0.1) is 18.6 Å². The van der Waals surface area contributed by atoms with Crippen molar-refractivity contribution in [1.29, 1.82) is 0 Å². The molecule has 3 aromatic rings. The molecule has 8 heteroatoms. The van der Waals surface area contributed by atoms with E-state index in [4.69, 9.17) is 27.7 Å². The minimum Gasteiger partial charge on any atom is -0.360 e. The monoisotopic (exact) mass is 382 g/mol. The van der Waals surface area contributed by atoms with Gasteiger partial charge in [0, 0.05) is 0 Å². The average molecular weight is 383 g/mol. The largest absolute Gasteiger partial charge is 0.360 e. The molecule has 25 heavy (non-hydrogen) atoms. The molecule has 0 saturated carbocycles. The molecule has 1 N–H and O–H groups in total.